The Hall–Kier alpha value is -1.18. The van der Waals surface area contributed by atoms with E-state index in [1.54, 1.807) is 0 Å². The fourth-order valence-electron chi connectivity index (χ4n) is 2.26. The van der Waals surface area contributed by atoms with Crippen LogP contribution in [0.15, 0.2) is 29.2 Å². The average molecular weight is 335 g/mol. The smallest absolute Gasteiger partial charge is 0.246 e. The summed E-state index contributed by atoms with van der Waals surface area (Å²) in [5.74, 6) is -1.11. The first-order chi connectivity index (χ1) is 9.96. The number of rotatable bonds is 3. The molecule has 1 aliphatic heterocycles. The van der Waals surface area contributed by atoms with Gasteiger partial charge in [-0.2, -0.15) is 4.31 Å². The first-order valence-electron chi connectivity index (χ1n) is 6.55. The number of sulfonamides is 1. The molecule has 0 spiro atoms. The van der Waals surface area contributed by atoms with Gasteiger partial charge in [0.15, 0.2) is 0 Å². The number of alkyl halides is 1. The minimum atomic E-state index is -3.88. The van der Waals surface area contributed by atoms with Crippen LogP contribution in [-0.2, 0) is 14.8 Å². The van der Waals surface area contributed by atoms with Crippen molar-refractivity contribution in [3.8, 4) is 0 Å². The largest absolute Gasteiger partial charge is 0.340 e. The topological polar surface area (TPSA) is 57.7 Å². The monoisotopic (exact) mass is 334 g/mol. The van der Waals surface area contributed by atoms with Crippen molar-refractivity contribution in [2.75, 3.05) is 32.1 Å². The molecule has 5 nitrogen and oxygen atoms in total. The minimum absolute atomic E-state index is 0.125. The molecule has 0 bridgehead atoms. The second kappa shape index (κ2) is 6.72. The Morgan fingerprint density at radius 2 is 1.90 bits per heavy atom. The van der Waals surface area contributed by atoms with Gasteiger partial charge in [0.2, 0.25) is 15.9 Å². The van der Waals surface area contributed by atoms with Gasteiger partial charge in [-0.05, 0) is 18.6 Å². The molecule has 0 radical (unpaired) electrons. The number of halogens is 2. The summed E-state index contributed by atoms with van der Waals surface area (Å²) >= 11 is 5.51. The van der Waals surface area contributed by atoms with Crippen molar-refractivity contribution in [2.24, 2.45) is 0 Å². The number of carbonyl (C=O) groups is 1. The van der Waals surface area contributed by atoms with Gasteiger partial charge in [-0.15, -0.1) is 11.6 Å². The Morgan fingerprint density at radius 3 is 2.57 bits per heavy atom. The third-order valence-electron chi connectivity index (χ3n) is 3.38. The highest BCUT2D eigenvalue weighted by atomic mass is 35.5. The summed E-state index contributed by atoms with van der Waals surface area (Å²) in [4.78, 5) is 12.8. The third kappa shape index (κ3) is 3.53. The first-order valence-corrected chi connectivity index (χ1v) is 8.52. The van der Waals surface area contributed by atoms with Crippen LogP contribution >= 0.6 is 11.6 Å². The number of carbonyl (C=O) groups excluding carboxylic acids is 1. The standard InChI is InChI=1S/C13H16ClFN2O3S/c14-10-13(18)16-6-3-7-17(9-8-16)21(19,20)12-5-2-1-4-11(12)15/h1-2,4-5H,3,6-10H2. The van der Waals surface area contributed by atoms with E-state index in [1.165, 1.54) is 27.4 Å². The van der Waals surface area contributed by atoms with Crippen LogP contribution in [0, 0.1) is 5.82 Å². The summed E-state index contributed by atoms with van der Waals surface area (Å²) in [7, 11) is -3.88. The van der Waals surface area contributed by atoms with Gasteiger partial charge in [-0.1, -0.05) is 12.1 Å². The van der Waals surface area contributed by atoms with E-state index in [4.69, 9.17) is 11.6 Å². The summed E-state index contributed by atoms with van der Waals surface area (Å²) in [5, 5.41) is 0. The molecule has 1 fully saturated rings. The molecule has 21 heavy (non-hydrogen) atoms. The predicted molar refractivity (Wildman–Crippen MR) is 77.1 cm³/mol. The summed E-state index contributed by atoms with van der Waals surface area (Å²) < 4.78 is 39.9. The Labute approximate surface area is 128 Å². The lowest BCUT2D eigenvalue weighted by Gasteiger charge is -2.21. The van der Waals surface area contributed by atoms with Gasteiger partial charge < -0.3 is 4.90 Å². The van der Waals surface area contributed by atoms with E-state index < -0.39 is 15.8 Å². The fraction of sp³-hybridized carbons (Fsp3) is 0.462. The third-order valence-corrected chi connectivity index (χ3v) is 5.54. The molecule has 0 aliphatic carbocycles. The highest BCUT2D eigenvalue weighted by Crippen LogP contribution is 2.20. The van der Waals surface area contributed by atoms with Crippen molar-refractivity contribution in [2.45, 2.75) is 11.3 Å². The molecule has 1 aromatic carbocycles. The number of amides is 1. The van der Waals surface area contributed by atoms with E-state index >= 15 is 0 Å². The molecule has 0 atom stereocenters. The van der Waals surface area contributed by atoms with Gasteiger partial charge in [0.1, 0.15) is 16.6 Å². The first kappa shape index (κ1) is 16.2. The molecule has 1 saturated heterocycles. The van der Waals surface area contributed by atoms with Crippen LogP contribution < -0.4 is 0 Å². The SMILES string of the molecule is O=C(CCl)N1CCCN(S(=O)(=O)c2ccccc2F)CC1. The molecule has 0 unspecified atom stereocenters. The van der Waals surface area contributed by atoms with Crippen LogP contribution in [0.4, 0.5) is 4.39 Å². The fourth-order valence-corrected chi connectivity index (χ4v) is 3.96. The van der Waals surface area contributed by atoms with E-state index in [-0.39, 0.29) is 36.3 Å². The van der Waals surface area contributed by atoms with Crippen molar-refractivity contribution in [1.29, 1.82) is 0 Å². The number of benzene rings is 1. The van der Waals surface area contributed by atoms with Gasteiger partial charge in [0, 0.05) is 26.2 Å². The van der Waals surface area contributed by atoms with E-state index in [0.29, 0.717) is 13.0 Å². The second-order valence-corrected chi connectivity index (χ2v) is 6.88. The average Bonchev–Trinajstić information content (AvgIpc) is 2.73. The maximum atomic E-state index is 13.7. The van der Waals surface area contributed by atoms with Crippen LogP contribution in [-0.4, -0.2) is 55.6 Å². The maximum absolute atomic E-state index is 13.7. The van der Waals surface area contributed by atoms with Gasteiger partial charge in [-0.25, -0.2) is 12.8 Å². The number of nitrogens with zero attached hydrogens (tertiary/aromatic N) is 2. The zero-order chi connectivity index (χ0) is 15.5. The molecule has 0 aromatic heterocycles. The minimum Gasteiger partial charge on any atom is -0.340 e. The van der Waals surface area contributed by atoms with Crippen LogP contribution in [0.3, 0.4) is 0 Å². The van der Waals surface area contributed by atoms with Gasteiger partial charge >= 0.3 is 0 Å². The molecule has 1 heterocycles. The van der Waals surface area contributed by atoms with Gasteiger partial charge in [0.25, 0.3) is 0 Å². The van der Waals surface area contributed by atoms with Crippen molar-refractivity contribution >= 4 is 27.5 Å². The molecular weight excluding hydrogens is 319 g/mol. The Morgan fingerprint density at radius 1 is 1.19 bits per heavy atom. The molecule has 0 N–H and O–H groups in total. The molecular formula is C13H16ClFN2O3S. The van der Waals surface area contributed by atoms with E-state index in [0.717, 1.165) is 6.07 Å². The highest BCUT2D eigenvalue weighted by molar-refractivity contribution is 7.89. The number of hydrogen-bond acceptors (Lipinski definition) is 3. The van der Waals surface area contributed by atoms with Crippen molar-refractivity contribution < 1.29 is 17.6 Å². The van der Waals surface area contributed by atoms with Crippen LogP contribution in [0.25, 0.3) is 0 Å². The normalized spacial score (nSPS) is 17.5. The van der Waals surface area contributed by atoms with Gasteiger partial charge in [-0.3, -0.25) is 4.79 Å². The second-order valence-electron chi connectivity index (χ2n) is 4.70. The summed E-state index contributed by atoms with van der Waals surface area (Å²) in [6.07, 6.45) is 0.496. The zero-order valence-electron chi connectivity index (χ0n) is 11.3. The van der Waals surface area contributed by atoms with Crippen molar-refractivity contribution in [1.82, 2.24) is 9.21 Å². The molecule has 116 valence electrons. The van der Waals surface area contributed by atoms with Gasteiger partial charge in [0.05, 0.1) is 0 Å². The molecule has 0 saturated carbocycles. The van der Waals surface area contributed by atoms with Crippen molar-refractivity contribution in [3.05, 3.63) is 30.1 Å². The van der Waals surface area contributed by atoms with E-state index in [9.17, 15) is 17.6 Å². The summed E-state index contributed by atoms with van der Waals surface area (Å²) in [6.45, 7) is 1.11. The maximum Gasteiger partial charge on any atom is 0.246 e. The quantitative estimate of drug-likeness (QED) is 0.783. The highest BCUT2D eigenvalue weighted by Gasteiger charge is 2.29. The molecule has 1 amide bonds. The summed E-state index contributed by atoms with van der Waals surface area (Å²) in [5.41, 5.74) is 0. The molecule has 1 aromatic rings. The van der Waals surface area contributed by atoms with E-state index in [1.807, 2.05) is 0 Å². The lowest BCUT2D eigenvalue weighted by atomic mass is 10.3. The van der Waals surface area contributed by atoms with Crippen LogP contribution in [0.1, 0.15) is 6.42 Å². The lowest BCUT2D eigenvalue weighted by molar-refractivity contribution is -0.128. The van der Waals surface area contributed by atoms with Crippen molar-refractivity contribution in [3.63, 3.8) is 0 Å². The molecule has 8 heteroatoms. The van der Waals surface area contributed by atoms with Crippen LogP contribution in [0.2, 0.25) is 0 Å². The Kier molecular flexibility index (Phi) is 5.18. The molecule has 2 rings (SSSR count). The number of hydrogen-bond donors (Lipinski definition) is 0. The molecule has 1 aliphatic rings. The summed E-state index contributed by atoms with van der Waals surface area (Å²) in [6, 6.07) is 5.29. The van der Waals surface area contributed by atoms with E-state index in [2.05, 4.69) is 0 Å². The Balaban J connectivity index is 2.19. The Bertz CT molecular complexity index is 624. The predicted octanol–water partition coefficient (Wildman–Crippen LogP) is 1.29. The lowest BCUT2D eigenvalue weighted by Crippen LogP contribution is -2.38. The zero-order valence-corrected chi connectivity index (χ0v) is 12.9. The van der Waals surface area contributed by atoms with Crippen LogP contribution in [0.5, 0.6) is 0 Å².